The highest BCUT2D eigenvalue weighted by molar-refractivity contribution is 5.77. The Labute approximate surface area is 341 Å². The van der Waals surface area contributed by atoms with Crippen LogP contribution in [-0.2, 0) is 14.3 Å². The number of amides is 1. The van der Waals surface area contributed by atoms with E-state index in [-0.39, 0.29) is 24.9 Å². The summed E-state index contributed by atoms with van der Waals surface area (Å²) in [6.07, 6.45) is 49.2. The molecule has 1 amide bonds. The maximum atomic E-state index is 13.1. The molecular formula is C49H91NO5. The highest BCUT2D eigenvalue weighted by Crippen LogP contribution is 2.17. The van der Waals surface area contributed by atoms with E-state index in [2.05, 4.69) is 62.5 Å². The van der Waals surface area contributed by atoms with Crippen LogP contribution in [0.1, 0.15) is 239 Å². The van der Waals surface area contributed by atoms with Crippen LogP contribution in [0.3, 0.4) is 0 Å². The maximum absolute atomic E-state index is 13.1. The first-order chi connectivity index (χ1) is 27.0. The van der Waals surface area contributed by atoms with Gasteiger partial charge in [0.2, 0.25) is 5.91 Å². The highest BCUT2D eigenvalue weighted by Gasteiger charge is 2.24. The van der Waals surface area contributed by atoms with Crippen LogP contribution >= 0.6 is 0 Å². The standard InChI is InChI=1S/C49H91NO5/c1-4-7-10-13-16-19-22-24-25-27-30-33-36-39-42-49(54)55-45(40-37-34-31-28-26-23-20-17-14-11-8-5-2)43-48(53)50-46(44-51)47(52)41-38-35-32-29-21-18-15-12-9-6-3/h8,11,17,20,25,27,45-47,51-52H,4-7,9-10,12-16,18-19,21-24,26,28-44H2,1-3H3,(H,50,53)/b11-8+,20-17+,27-25-. The van der Waals surface area contributed by atoms with Crippen molar-refractivity contribution in [2.24, 2.45) is 0 Å². The molecule has 0 aromatic rings. The minimum absolute atomic E-state index is 0.0635. The van der Waals surface area contributed by atoms with Gasteiger partial charge in [0.15, 0.2) is 0 Å². The van der Waals surface area contributed by atoms with Gasteiger partial charge in [0.1, 0.15) is 6.10 Å². The number of esters is 1. The van der Waals surface area contributed by atoms with Gasteiger partial charge in [0, 0.05) is 6.42 Å². The number of rotatable bonds is 42. The summed E-state index contributed by atoms with van der Waals surface area (Å²) in [5, 5.41) is 23.6. The summed E-state index contributed by atoms with van der Waals surface area (Å²) in [6, 6.07) is -0.705. The molecule has 6 nitrogen and oxygen atoms in total. The Morgan fingerprint density at radius 3 is 1.49 bits per heavy atom. The SMILES string of the molecule is CC/C=C/C/C=C/CCCCCCCC(CC(=O)NC(CO)C(O)CCCCCCCCCCCC)OC(=O)CCCCC/C=C\CCCCCCCCC. The second-order valence-electron chi connectivity index (χ2n) is 16.1. The van der Waals surface area contributed by atoms with E-state index in [4.69, 9.17) is 4.74 Å². The van der Waals surface area contributed by atoms with Crippen molar-refractivity contribution >= 4 is 11.9 Å². The zero-order chi connectivity index (χ0) is 40.3. The summed E-state index contributed by atoms with van der Waals surface area (Å²) in [7, 11) is 0. The van der Waals surface area contributed by atoms with Crippen molar-refractivity contribution in [3.8, 4) is 0 Å². The number of hydrogen-bond donors (Lipinski definition) is 3. The van der Waals surface area contributed by atoms with Crippen molar-refractivity contribution in [2.45, 2.75) is 257 Å². The predicted octanol–water partition coefficient (Wildman–Crippen LogP) is 13.7. The quantitative estimate of drug-likeness (QED) is 0.0326. The molecule has 0 rings (SSSR count). The molecule has 0 fully saturated rings. The van der Waals surface area contributed by atoms with Crippen molar-refractivity contribution in [3.63, 3.8) is 0 Å². The summed E-state index contributed by atoms with van der Waals surface area (Å²) in [5.41, 5.74) is 0. The second-order valence-corrected chi connectivity index (χ2v) is 16.1. The first-order valence-corrected chi connectivity index (χ1v) is 23.7. The lowest BCUT2D eigenvalue weighted by atomic mass is 10.0. The van der Waals surface area contributed by atoms with Gasteiger partial charge >= 0.3 is 5.97 Å². The Kier molecular flexibility index (Phi) is 41.7. The summed E-state index contributed by atoms with van der Waals surface area (Å²) in [5.74, 6) is -0.504. The van der Waals surface area contributed by atoms with E-state index < -0.39 is 18.2 Å². The van der Waals surface area contributed by atoms with Crippen LogP contribution in [0, 0.1) is 0 Å². The van der Waals surface area contributed by atoms with Gasteiger partial charge in [-0.1, -0.05) is 186 Å². The third-order valence-corrected chi connectivity index (χ3v) is 10.7. The molecule has 3 unspecified atom stereocenters. The smallest absolute Gasteiger partial charge is 0.306 e. The second kappa shape index (κ2) is 43.2. The number of aliphatic hydroxyl groups excluding tert-OH is 2. The lowest BCUT2D eigenvalue weighted by Gasteiger charge is -2.24. The zero-order valence-corrected chi connectivity index (χ0v) is 36.6. The van der Waals surface area contributed by atoms with Gasteiger partial charge in [-0.3, -0.25) is 9.59 Å². The van der Waals surface area contributed by atoms with E-state index in [9.17, 15) is 19.8 Å². The molecule has 0 radical (unpaired) electrons. The molecule has 0 bridgehead atoms. The molecule has 0 aromatic heterocycles. The highest BCUT2D eigenvalue weighted by atomic mass is 16.5. The monoisotopic (exact) mass is 774 g/mol. The molecule has 55 heavy (non-hydrogen) atoms. The maximum Gasteiger partial charge on any atom is 0.306 e. The summed E-state index contributed by atoms with van der Waals surface area (Å²) < 4.78 is 5.90. The third kappa shape index (κ3) is 38.7. The number of nitrogens with one attached hydrogen (secondary N) is 1. The summed E-state index contributed by atoms with van der Waals surface area (Å²) >= 11 is 0. The van der Waals surface area contributed by atoms with Crippen LogP contribution in [0.5, 0.6) is 0 Å². The van der Waals surface area contributed by atoms with Crippen molar-refractivity contribution < 1.29 is 24.5 Å². The van der Waals surface area contributed by atoms with Crippen molar-refractivity contribution in [1.29, 1.82) is 0 Å². The molecule has 6 heteroatoms. The Bertz CT molecular complexity index is 915. The number of carbonyl (C=O) groups excluding carboxylic acids is 2. The Hall–Kier alpha value is -1.92. The fraction of sp³-hybridized carbons (Fsp3) is 0.837. The predicted molar refractivity (Wildman–Crippen MR) is 236 cm³/mol. The summed E-state index contributed by atoms with van der Waals surface area (Å²) in [4.78, 5) is 26.0. The van der Waals surface area contributed by atoms with Crippen molar-refractivity contribution in [3.05, 3.63) is 36.5 Å². The topological polar surface area (TPSA) is 95.9 Å². The van der Waals surface area contributed by atoms with Gasteiger partial charge in [-0.25, -0.2) is 0 Å². The normalized spacial score (nSPS) is 13.6. The number of ether oxygens (including phenoxy) is 1. The molecule has 0 aliphatic rings. The van der Waals surface area contributed by atoms with E-state index in [0.717, 1.165) is 83.5 Å². The molecule has 3 atom stereocenters. The molecule has 0 spiro atoms. The Morgan fingerprint density at radius 2 is 0.982 bits per heavy atom. The first-order valence-electron chi connectivity index (χ1n) is 23.7. The molecule has 0 aromatic carbocycles. The van der Waals surface area contributed by atoms with Crippen LogP contribution in [0.2, 0.25) is 0 Å². The van der Waals surface area contributed by atoms with Gasteiger partial charge in [0.05, 0.1) is 25.2 Å². The molecular weight excluding hydrogens is 683 g/mol. The van der Waals surface area contributed by atoms with E-state index in [1.54, 1.807) is 0 Å². The number of hydrogen-bond acceptors (Lipinski definition) is 5. The van der Waals surface area contributed by atoms with Gasteiger partial charge in [-0.2, -0.15) is 0 Å². The zero-order valence-electron chi connectivity index (χ0n) is 36.6. The van der Waals surface area contributed by atoms with Crippen LogP contribution < -0.4 is 5.32 Å². The van der Waals surface area contributed by atoms with E-state index >= 15 is 0 Å². The van der Waals surface area contributed by atoms with Crippen LogP contribution in [0.4, 0.5) is 0 Å². The fourth-order valence-corrected chi connectivity index (χ4v) is 7.11. The average molecular weight is 774 g/mol. The van der Waals surface area contributed by atoms with Crippen molar-refractivity contribution in [2.75, 3.05) is 6.61 Å². The van der Waals surface area contributed by atoms with Crippen LogP contribution in [0.25, 0.3) is 0 Å². The lowest BCUT2D eigenvalue weighted by molar-refractivity contribution is -0.151. The minimum Gasteiger partial charge on any atom is -0.462 e. The van der Waals surface area contributed by atoms with Crippen LogP contribution in [0.15, 0.2) is 36.5 Å². The summed E-state index contributed by atoms with van der Waals surface area (Å²) in [6.45, 7) is 6.35. The fourth-order valence-electron chi connectivity index (χ4n) is 7.11. The number of aliphatic hydroxyl groups is 2. The molecule has 322 valence electrons. The number of carbonyl (C=O) groups is 2. The Balaban J connectivity index is 4.61. The molecule has 0 heterocycles. The number of allylic oxidation sites excluding steroid dienone is 6. The van der Waals surface area contributed by atoms with E-state index in [1.165, 1.54) is 109 Å². The van der Waals surface area contributed by atoms with Crippen LogP contribution in [-0.4, -0.2) is 46.9 Å². The number of unbranched alkanes of at least 4 members (excludes halogenated alkanes) is 24. The average Bonchev–Trinajstić information content (AvgIpc) is 3.18. The molecule has 0 aliphatic heterocycles. The molecule has 0 saturated carbocycles. The molecule has 0 aliphatic carbocycles. The minimum atomic E-state index is -0.790. The van der Waals surface area contributed by atoms with Gasteiger partial charge in [-0.15, -0.1) is 0 Å². The van der Waals surface area contributed by atoms with Gasteiger partial charge in [0.25, 0.3) is 0 Å². The molecule has 3 N–H and O–H groups in total. The van der Waals surface area contributed by atoms with Gasteiger partial charge < -0.3 is 20.3 Å². The van der Waals surface area contributed by atoms with E-state index in [0.29, 0.717) is 19.3 Å². The van der Waals surface area contributed by atoms with Crippen molar-refractivity contribution in [1.82, 2.24) is 5.32 Å². The lowest BCUT2D eigenvalue weighted by Crippen LogP contribution is -2.46. The molecule has 0 saturated heterocycles. The first kappa shape index (κ1) is 53.1. The Morgan fingerprint density at radius 1 is 0.545 bits per heavy atom. The van der Waals surface area contributed by atoms with E-state index in [1.807, 2.05) is 0 Å². The largest absolute Gasteiger partial charge is 0.462 e. The van der Waals surface area contributed by atoms with Gasteiger partial charge in [-0.05, 0) is 77.0 Å². The third-order valence-electron chi connectivity index (χ3n) is 10.7.